The van der Waals surface area contributed by atoms with Gasteiger partial charge >= 0.3 is 5.97 Å². The normalized spacial score (nSPS) is 13.3. The highest BCUT2D eigenvalue weighted by Crippen LogP contribution is 2.27. The number of nitrogens with zero attached hydrogens (tertiary/aromatic N) is 1. The molecule has 0 saturated carbocycles. The number of ether oxygens (including phenoxy) is 1. The van der Waals surface area contributed by atoms with Crippen molar-refractivity contribution >= 4 is 29.3 Å². The molecule has 124 valence electrons. The van der Waals surface area contributed by atoms with Gasteiger partial charge in [-0.3, -0.25) is 4.79 Å². The summed E-state index contributed by atoms with van der Waals surface area (Å²) in [5.74, 6) is -0.643. The summed E-state index contributed by atoms with van der Waals surface area (Å²) in [6, 6.07) is 15.1. The third-order valence-corrected chi connectivity index (χ3v) is 4.86. The van der Waals surface area contributed by atoms with Crippen molar-refractivity contribution < 1.29 is 14.3 Å². The first-order valence-corrected chi connectivity index (χ1v) is 9.11. The van der Waals surface area contributed by atoms with E-state index in [0.29, 0.717) is 12.1 Å². The molecule has 0 aromatic heterocycles. The van der Waals surface area contributed by atoms with Crippen molar-refractivity contribution in [3.05, 3.63) is 59.7 Å². The largest absolute Gasteiger partial charge is 0.452 e. The van der Waals surface area contributed by atoms with Crippen molar-refractivity contribution in [1.82, 2.24) is 0 Å². The zero-order valence-electron chi connectivity index (χ0n) is 13.5. The smallest absolute Gasteiger partial charge is 0.339 e. The van der Waals surface area contributed by atoms with Crippen LogP contribution in [0.15, 0.2) is 53.4 Å². The Morgan fingerprint density at radius 2 is 1.88 bits per heavy atom. The van der Waals surface area contributed by atoms with Crippen molar-refractivity contribution in [2.24, 2.45) is 0 Å². The number of anilines is 1. The van der Waals surface area contributed by atoms with E-state index in [2.05, 4.69) is 0 Å². The number of rotatable bonds is 4. The molecule has 0 atom stereocenters. The fraction of sp³-hybridized carbons (Fsp3) is 0.263. The van der Waals surface area contributed by atoms with Gasteiger partial charge in [0, 0.05) is 17.1 Å². The van der Waals surface area contributed by atoms with E-state index in [-0.39, 0.29) is 12.5 Å². The minimum atomic E-state index is -0.460. The van der Waals surface area contributed by atoms with E-state index in [4.69, 9.17) is 4.74 Å². The number of carbonyl (C=O) groups excluding carboxylic acids is 2. The zero-order valence-corrected chi connectivity index (χ0v) is 14.3. The maximum absolute atomic E-state index is 12.5. The fourth-order valence-electron chi connectivity index (χ4n) is 2.89. The van der Waals surface area contributed by atoms with Crippen LogP contribution in [0, 0.1) is 0 Å². The van der Waals surface area contributed by atoms with E-state index < -0.39 is 5.97 Å². The van der Waals surface area contributed by atoms with Gasteiger partial charge < -0.3 is 9.64 Å². The highest BCUT2D eigenvalue weighted by Gasteiger charge is 2.23. The Kier molecular flexibility index (Phi) is 5.20. The first-order chi connectivity index (χ1) is 11.7. The van der Waals surface area contributed by atoms with Crippen LogP contribution in [0.25, 0.3) is 0 Å². The number of carbonyl (C=O) groups is 2. The minimum absolute atomic E-state index is 0.183. The van der Waals surface area contributed by atoms with Crippen LogP contribution in [0.4, 0.5) is 5.69 Å². The number of esters is 1. The van der Waals surface area contributed by atoms with Crippen molar-refractivity contribution in [3.8, 4) is 0 Å². The van der Waals surface area contributed by atoms with Crippen LogP contribution in [0.1, 0.15) is 22.3 Å². The first-order valence-electron chi connectivity index (χ1n) is 7.89. The summed E-state index contributed by atoms with van der Waals surface area (Å²) in [6.07, 6.45) is 3.80. The maximum atomic E-state index is 12.5. The monoisotopic (exact) mass is 341 g/mol. The molecule has 24 heavy (non-hydrogen) atoms. The van der Waals surface area contributed by atoms with Gasteiger partial charge in [-0.15, -0.1) is 11.8 Å². The summed E-state index contributed by atoms with van der Waals surface area (Å²) >= 11 is 1.48. The lowest BCUT2D eigenvalue weighted by atomic mass is 10.0. The van der Waals surface area contributed by atoms with Gasteiger partial charge in [0.2, 0.25) is 0 Å². The lowest BCUT2D eigenvalue weighted by molar-refractivity contribution is -0.121. The second-order valence-electron chi connectivity index (χ2n) is 5.55. The SMILES string of the molecule is CSc1ccccc1C(=O)OCC(=O)N1CCCc2ccccc21. The highest BCUT2D eigenvalue weighted by molar-refractivity contribution is 7.98. The van der Waals surface area contributed by atoms with Gasteiger partial charge in [-0.2, -0.15) is 0 Å². The molecule has 0 unspecified atom stereocenters. The van der Waals surface area contributed by atoms with Crippen molar-refractivity contribution in [1.29, 1.82) is 0 Å². The molecule has 1 heterocycles. The molecular formula is C19H19NO3S. The summed E-state index contributed by atoms with van der Waals surface area (Å²) in [6.45, 7) is 0.421. The number of benzene rings is 2. The Labute approximate surface area is 145 Å². The fourth-order valence-corrected chi connectivity index (χ4v) is 3.47. The summed E-state index contributed by atoms with van der Waals surface area (Å²) in [5.41, 5.74) is 2.59. The Morgan fingerprint density at radius 1 is 1.12 bits per heavy atom. The summed E-state index contributed by atoms with van der Waals surface area (Å²) in [7, 11) is 0. The van der Waals surface area contributed by atoms with Crippen molar-refractivity contribution in [2.75, 3.05) is 24.3 Å². The van der Waals surface area contributed by atoms with Gasteiger partial charge in [0.15, 0.2) is 6.61 Å². The summed E-state index contributed by atoms with van der Waals surface area (Å²) in [4.78, 5) is 27.3. The minimum Gasteiger partial charge on any atom is -0.452 e. The molecule has 0 N–H and O–H groups in total. The lowest BCUT2D eigenvalue weighted by Gasteiger charge is -2.29. The Morgan fingerprint density at radius 3 is 2.71 bits per heavy atom. The maximum Gasteiger partial charge on any atom is 0.339 e. The molecule has 1 aliphatic rings. The average molecular weight is 341 g/mol. The molecular weight excluding hydrogens is 322 g/mol. The summed E-state index contributed by atoms with van der Waals surface area (Å²) < 4.78 is 5.26. The second kappa shape index (κ2) is 7.53. The van der Waals surface area contributed by atoms with Gasteiger partial charge in [-0.1, -0.05) is 30.3 Å². The number of hydrogen-bond acceptors (Lipinski definition) is 4. The second-order valence-corrected chi connectivity index (χ2v) is 6.40. The first kappa shape index (κ1) is 16.6. The molecule has 0 radical (unpaired) electrons. The van der Waals surface area contributed by atoms with Gasteiger partial charge in [0.05, 0.1) is 5.56 Å². The molecule has 2 aromatic carbocycles. The molecule has 0 fully saturated rings. The van der Waals surface area contributed by atoms with Crippen LogP contribution in [0.2, 0.25) is 0 Å². The van der Waals surface area contributed by atoms with Crippen molar-refractivity contribution in [3.63, 3.8) is 0 Å². The van der Waals surface area contributed by atoms with E-state index in [1.54, 1.807) is 17.0 Å². The van der Waals surface area contributed by atoms with Crippen molar-refractivity contribution in [2.45, 2.75) is 17.7 Å². The number of hydrogen-bond donors (Lipinski definition) is 0. The van der Waals surface area contributed by atoms with E-state index in [1.807, 2.05) is 42.7 Å². The predicted molar refractivity (Wildman–Crippen MR) is 95.6 cm³/mol. The molecule has 0 aliphatic carbocycles. The number of thioether (sulfide) groups is 1. The lowest BCUT2D eigenvalue weighted by Crippen LogP contribution is -2.38. The van der Waals surface area contributed by atoms with Gasteiger partial charge in [0.1, 0.15) is 0 Å². The number of amides is 1. The summed E-state index contributed by atoms with van der Waals surface area (Å²) in [5, 5.41) is 0. The van der Waals surface area contributed by atoms with E-state index in [9.17, 15) is 9.59 Å². The third-order valence-electron chi connectivity index (χ3n) is 4.06. The van der Waals surface area contributed by atoms with Gasteiger partial charge in [0.25, 0.3) is 5.91 Å². The highest BCUT2D eigenvalue weighted by atomic mass is 32.2. The van der Waals surface area contributed by atoms with Gasteiger partial charge in [-0.05, 0) is 42.9 Å². The quantitative estimate of drug-likeness (QED) is 0.630. The van der Waals surface area contributed by atoms with Gasteiger partial charge in [-0.25, -0.2) is 4.79 Å². The predicted octanol–water partition coefficient (Wildman–Crippen LogP) is 3.54. The molecule has 2 aromatic rings. The molecule has 5 heteroatoms. The van der Waals surface area contributed by atoms with Crippen LogP contribution in [-0.2, 0) is 16.0 Å². The molecule has 0 spiro atoms. The molecule has 4 nitrogen and oxygen atoms in total. The zero-order chi connectivity index (χ0) is 16.9. The van der Waals surface area contributed by atoms with E-state index in [1.165, 1.54) is 11.8 Å². The standard InChI is InChI=1S/C19H19NO3S/c1-24-17-11-5-3-9-15(17)19(22)23-13-18(21)20-12-6-8-14-7-2-4-10-16(14)20/h2-5,7,9-11H,6,8,12-13H2,1H3. The molecule has 0 saturated heterocycles. The van der Waals surface area contributed by atoms with Crippen LogP contribution in [0.5, 0.6) is 0 Å². The molecule has 1 amide bonds. The Bertz CT molecular complexity index is 760. The van der Waals surface area contributed by atoms with Crippen LogP contribution in [-0.4, -0.2) is 31.3 Å². The van der Waals surface area contributed by atoms with Crippen LogP contribution < -0.4 is 4.90 Å². The topological polar surface area (TPSA) is 46.6 Å². The number of fused-ring (bicyclic) bond motifs is 1. The van der Waals surface area contributed by atoms with E-state index >= 15 is 0 Å². The molecule has 1 aliphatic heterocycles. The Hall–Kier alpha value is -2.27. The van der Waals surface area contributed by atoms with Crippen LogP contribution >= 0.6 is 11.8 Å². The molecule has 0 bridgehead atoms. The number of aryl methyl sites for hydroxylation is 1. The third kappa shape index (κ3) is 3.46. The van der Waals surface area contributed by atoms with E-state index in [0.717, 1.165) is 29.0 Å². The van der Waals surface area contributed by atoms with Crippen LogP contribution in [0.3, 0.4) is 0 Å². The average Bonchev–Trinajstić information content (AvgIpc) is 2.65. The number of para-hydroxylation sites is 1. The Balaban J connectivity index is 1.67. The molecule has 3 rings (SSSR count).